The Morgan fingerprint density at radius 1 is 1.06 bits per heavy atom. The minimum absolute atomic E-state index is 0.182. The lowest BCUT2D eigenvalue weighted by Gasteiger charge is -2.27. The van der Waals surface area contributed by atoms with E-state index in [-0.39, 0.29) is 4.90 Å². The zero-order valence-corrected chi connectivity index (χ0v) is 19.1. The number of carbonyl (C=O) groups excluding carboxylic acids is 1. The average Bonchev–Trinajstić information content (AvgIpc) is 3.42. The lowest BCUT2D eigenvalue weighted by atomic mass is 10.1. The van der Waals surface area contributed by atoms with Gasteiger partial charge >= 0.3 is 0 Å². The summed E-state index contributed by atoms with van der Waals surface area (Å²) in [5.74, 6) is 0.253. The highest BCUT2D eigenvalue weighted by atomic mass is 32.2. The number of amides is 1. The lowest BCUT2D eigenvalue weighted by Crippen LogP contribution is -2.47. The number of hydrogen-bond acceptors (Lipinski definition) is 6. The number of thiazole rings is 1. The first kappa shape index (κ1) is 21.5. The van der Waals surface area contributed by atoms with Gasteiger partial charge in [0, 0.05) is 10.4 Å². The summed E-state index contributed by atoms with van der Waals surface area (Å²) in [4.78, 5) is 19.1. The third-order valence-corrected chi connectivity index (χ3v) is 9.17. The van der Waals surface area contributed by atoms with Gasteiger partial charge in [-0.2, -0.15) is 0 Å². The molecule has 0 saturated heterocycles. The SMILES string of the molecule is COc1ccc(-c2nc(NC(=O)C3(S(=O)(=O)c4ccccc4)CCCC3)sc2C)cc1. The number of aromatic nitrogens is 1. The summed E-state index contributed by atoms with van der Waals surface area (Å²) in [6, 6.07) is 15.8. The van der Waals surface area contributed by atoms with E-state index in [1.165, 1.54) is 11.3 Å². The third-order valence-electron chi connectivity index (χ3n) is 5.77. The molecule has 0 bridgehead atoms. The predicted octanol–water partition coefficient (Wildman–Crippen LogP) is 4.85. The van der Waals surface area contributed by atoms with Crippen molar-refractivity contribution in [2.24, 2.45) is 0 Å². The van der Waals surface area contributed by atoms with Gasteiger partial charge in [0.2, 0.25) is 5.91 Å². The van der Waals surface area contributed by atoms with Crippen molar-refractivity contribution in [3.8, 4) is 17.0 Å². The highest BCUT2D eigenvalue weighted by Gasteiger charge is 2.53. The highest BCUT2D eigenvalue weighted by molar-refractivity contribution is 7.93. The monoisotopic (exact) mass is 456 g/mol. The van der Waals surface area contributed by atoms with Crippen LogP contribution in [-0.2, 0) is 14.6 Å². The van der Waals surface area contributed by atoms with Crippen LogP contribution in [0.4, 0.5) is 5.13 Å². The number of nitrogens with zero attached hydrogens (tertiary/aromatic N) is 1. The molecule has 1 saturated carbocycles. The summed E-state index contributed by atoms with van der Waals surface area (Å²) in [6.07, 6.45) is 2.03. The molecule has 6 nitrogen and oxygen atoms in total. The fraction of sp³-hybridized carbons (Fsp3) is 0.304. The van der Waals surface area contributed by atoms with E-state index in [0.717, 1.165) is 21.9 Å². The van der Waals surface area contributed by atoms with Crippen molar-refractivity contribution in [2.45, 2.75) is 42.2 Å². The minimum Gasteiger partial charge on any atom is -0.497 e. The Bertz CT molecular complexity index is 1180. The van der Waals surface area contributed by atoms with Gasteiger partial charge in [-0.15, -0.1) is 11.3 Å². The van der Waals surface area contributed by atoms with Gasteiger partial charge in [-0.25, -0.2) is 13.4 Å². The zero-order chi connectivity index (χ0) is 22.1. The Morgan fingerprint density at radius 3 is 2.32 bits per heavy atom. The highest BCUT2D eigenvalue weighted by Crippen LogP contribution is 2.42. The third kappa shape index (κ3) is 3.85. The summed E-state index contributed by atoms with van der Waals surface area (Å²) < 4.78 is 30.6. The van der Waals surface area contributed by atoms with Crippen LogP contribution in [0.15, 0.2) is 59.5 Å². The molecule has 8 heteroatoms. The molecule has 1 N–H and O–H groups in total. The van der Waals surface area contributed by atoms with Crippen LogP contribution < -0.4 is 10.1 Å². The van der Waals surface area contributed by atoms with E-state index in [4.69, 9.17) is 4.74 Å². The first-order valence-electron chi connectivity index (χ1n) is 10.1. The zero-order valence-electron chi connectivity index (χ0n) is 17.4. The molecule has 0 radical (unpaired) electrons. The van der Waals surface area contributed by atoms with Crippen LogP contribution in [0.2, 0.25) is 0 Å². The van der Waals surface area contributed by atoms with Gasteiger partial charge in [-0.3, -0.25) is 4.79 Å². The molecule has 0 unspecified atom stereocenters. The van der Waals surface area contributed by atoms with E-state index in [1.807, 2.05) is 31.2 Å². The van der Waals surface area contributed by atoms with Crippen LogP contribution in [0.3, 0.4) is 0 Å². The van der Waals surface area contributed by atoms with Crippen molar-refractivity contribution < 1.29 is 17.9 Å². The number of ether oxygens (including phenoxy) is 1. The van der Waals surface area contributed by atoms with Crippen molar-refractivity contribution in [3.63, 3.8) is 0 Å². The summed E-state index contributed by atoms with van der Waals surface area (Å²) in [7, 11) is -2.22. The molecular weight excluding hydrogens is 432 g/mol. The van der Waals surface area contributed by atoms with Crippen LogP contribution in [0, 0.1) is 6.92 Å². The normalized spacial score (nSPS) is 15.5. The first-order chi connectivity index (χ1) is 14.9. The van der Waals surface area contributed by atoms with Gasteiger partial charge in [0.15, 0.2) is 19.7 Å². The number of aryl methyl sites for hydroxylation is 1. The van der Waals surface area contributed by atoms with Gasteiger partial charge in [-0.1, -0.05) is 31.0 Å². The number of carbonyl (C=O) groups is 1. The van der Waals surface area contributed by atoms with Crippen LogP contribution >= 0.6 is 11.3 Å². The Morgan fingerprint density at radius 2 is 1.71 bits per heavy atom. The number of sulfone groups is 1. The van der Waals surface area contributed by atoms with Crippen molar-refractivity contribution in [1.82, 2.24) is 4.98 Å². The summed E-state index contributed by atoms with van der Waals surface area (Å²) in [6.45, 7) is 1.93. The van der Waals surface area contributed by atoms with Crippen molar-refractivity contribution in [1.29, 1.82) is 0 Å². The maximum atomic E-state index is 13.5. The van der Waals surface area contributed by atoms with Crippen LogP contribution in [0.25, 0.3) is 11.3 Å². The molecule has 3 aromatic rings. The molecule has 31 heavy (non-hydrogen) atoms. The lowest BCUT2D eigenvalue weighted by molar-refractivity contribution is -0.118. The second kappa shape index (κ2) is 8.43. The van der Waals surface area contributed by atoms with E-state index >= 15 is 0 Å². The summed E-state index contributed by atoms with van der Waals surface area (Å²) in [5.41, 5.74) is 1.66. The Labute approximate surface area is 186 Å². The van der Waals surface area contributed by atoms with Crippen molar-refractivity contribution in [3.05, 3.63) is 59.5 Å². The topological polar surface area (TPSA) is 85.4 Å². The minimum atomic E-state index is -3.83. The van der Waals surface area contributed by atoms with E-state index in [0.29, 0.717) is 30.8 Å². The Balaban J connectivity index is 1.63. The molecule has 0 spiro atoms. The number of nitrogens with one attached hydrogen (secondary N) is 1. The fourth-order valence-corrected chi connectivity index (χ4v) is 6.99. The number of rotatable bonds is 6. The van der Waals surface area contributed by atoms with Crippen LogP contribution in [0.5, 0.6) is 5.75 Å². The first-order valence-corrected chi connectivity index (χ1v) is 12.4. The molecule has 1 aromatic heterocycles. The van der Waals surface area contributed by atoms with E-state index in [1.54, 1.807) is 37.4 Å². The molecule has 1 fully saturated rings. The molecule has 1 amide bonds. The van der Waals surface area contributed by atoms with Crippen molar-refractivity contribution in [2.75, 3.05) is 12.4 Å². The Hall–Kier alpha value is -2.71. The molecule has 0 aliphatic heterocycles. The quantitative estimate of drug-likeness (QED) is 0.573. The largest absolute Gasteiger partial charge is 0.497 e. The van der Waals surface area contributed by atoms with E-state index in [9.17, 15) is 13.2 Å². The van der Waals surface area contributed by atoms with Crippen LogP contribution in [0.1, 0.15) is 30.6 Å². The predicted molar refractivity (Wildman–Crippen MR) is 122 cm³/mol. The number of benzene rings is 2. The second-order valence-corrected chi connectivity index (χ2v) is 11.1. The van der Waals surface area contributed by atoms with Crippen LogP contribution in [-0.4, -0.2) is 31.2 Å². The maximum absolute atomic E-state index is 13.5. The molecular formula is C23H24N2O4S2. The van der Waals surface area contributed by atoms with Gasteiger partial charge in [0.1, 0.15) is 5.75 Å². The van der Waals surface area contributed by atoms with Crippen molar-refractivity contribution >= 4 is 32.2 Å². The molecule has 0 atom stereocenters. The number of anilines is 1. The average molecular weight is 457 g/mol. The maximum Gasteiger partial charge on any atom is 0.248 e. The summed E-state index contributed by atoms with van der Waals surface area (Å²) >= 11 is 1.34. The number of hydrogen-bond donors (Lipinski definition) is 1. The Kier molecular flexibility index (Phi) is 5.85. The molecule has 1 heterocycles. The molecule has 4 rings (SSSR count). The van der Waals surface area contributed by atoms with Gasteiger partial charge in [0.05, 0.1) is 17.7 Å². The molecule has 162 valence electrons. The summed E-state index contributed by atoms with van der Waals surface area (Å²) in [5, 5.41) is 3.22. The van der Waals surface area contributed by atoms with E-state index < -0.39 is 20.5 Å². The van der Waals surface area contributed by atoms with Gasteiger partial charge in [-0.05, 0) is 56.2 Å². The molecule has 2 aromatic carbocycles. The van der Waals surface area contributed by atoms with E-state index in [2.05, 4.69) is 10.3 Å². The van der Waals surface area contributed by atoms with Gasteiger partial charge < -0.3 is 10.1 Å². The smallest absolute Gasteiger partial charge is 0.248 e. The van der Waals surface area contributed by atoms with Gasteiger partial charge in [0.25, 0.3) is 0 Å². The fourth-order valence-electron chi connectivity index (χ4n) is 4.07. The number of methoxy groups -OCH3 is 1. The second-order valence-electron chi connectivity index (χ2n) is 7.62. The molecule has 1 aliphatic carbocycles. The molecule has 1 aliphatic rings. The standard InChI is InChI=1S/C23H24N2O4S2/c1-16-20(17-10-12-18(29-2)13-11-17)24-22(30-16)25-21(26)23(14-6-7-15-23)31(27,28)19-8-4-3-5-9-19/h3-5,8-13H,6-7,14-15H2,1-2H3,(H,24,25,26).